The lowest BCUT2D eigenvalue weighted by Gasteiger charge is -2.16. The van der Waals surface area contributed by atoms with Gasteiger partial charge in [0, 0.05) is 25.4 Å². The molecule has 1 aromatic carbocycles. The van der Waals surface area contributed by atoms with Crippen LogP contribution in [0.15, 0.2) is 24.3 Å². The number of amides is 2. The van der Waals surface area contributed by atoms with Crippen LogP contribution < -0.4 is 5.32 Å². The molecule has 0 bridgehead atoms. The van der Waals surface area contributed by atoms with Crippen molar-refractivity contribution in [1.29, 1.82) is 0 Å². The third-order valence-electron chi connectivity index (χ3n) is 4.33. The maximum Gasteiger partial charge on any atom is 0.231 e. The third-order valence-corrected chi connectivity index (χ3v) is 5.47. The fourth-order valence-corrected chi connectivity index (χ4v) is 3.55. The summed E-state index contributed by atoms with van der Waals surface area (Å²) in [7, 11) is 0. The average Bonchev–Trinajstić information content (AvgIpc) is 3.21. The largest absolute Gasteiger partial charge is 0.342 e. The lowest BCUT2D eigenvalue weighted by Crippen LogP contribution is -2.30. The summed E-state index contributed by atoms with van der Waals surface area (Å²) in [4.78, 5) is 26.3. The second-order valence-corrected chi connectivity index (χ2v) is 7.72. The number of nitrogens with zero attached hydrogens (tertiary/aromatic N) is 3. The van der Waals surface area contributed by atoms with Gasteiger partial charge >= 0.3 is 0 Å². The molecule has 1 fully saturated rings. The molecule has 8 heteroatoms. The number of anilines is 1. The van der Waals surface area contributed by atoms with Crippen molar-refractivity contribution < 1.29 is 14.0 Å². The fraction of sp³-hybridized carbons (Fsp3) is 0.444. The molecular formula is C18H21FN4O2S. The fourth-order valence-electron chi connectivity index (χ4n) is 2.80. The lowest BCUT2D eigenvalue weighted by atomic mass is 10.1. The zero-order valence-electron chi connectivity index (χ0n) is 14.7. The van der Waals surface area contributed by atoms with Crippen LogP contribution in [-0.2, 0) is 16.0 Å². The van der Waals surface area contributed by atoms with Crippen molar-refractivity contribution in [3.05, 3.63) is 40.7 Å². The molecule has 2 heterocycles. The van der Waals surface area contributed by atoms with Gasteiger partial charge in [0.2, 0.25) is 16.9 Å². The third kappa shape index (κ3) is 4.43. The summed E-state index contributed by atoms with van der Waals surface area (Å²) in [5, 5.41) is 12.1. The molecule has 0 saturated carbocycles. The van der Waals surface area contributed by atoms with Crippen LogP contribution in [0.25, 0.3) is 0 Å². The molecule has 1 saturated heterocycles. The standard InChI is InChI=1S/C18H21FN4O2S/c1-11(2)17-21-22-18(26-17)20-16(25)13-9-15(24)23(10-13)8-7-12-3-5-14(19)6-4-12/h3-6,11,13H,7-10H2,1-2H3,(H,20,22,25)/t13-/m0/s1. The van der Waals surface area contributed by atoms with Crippen LogP contribution in [0.2, 0.25) is 0 Å². The molecule has 3 rings (SSSR count). The number of carbonyl (C=O) groups excluding carboxylic acids is 2. The molecule has 26 heavy (non-hydrogen) atoms. The molecule has 1 aromatic heterocycles. The van der Waals surface area contributed by atoms with E-state index < -0.39 is 0 Å². The Kier molecular flexibility index (Phi) is 5.61. The van der Waals surface area contributed by atoms with Gasteiger partial charge in [-0.15, -0.1) is 10.2 Å². The Morgan fingerprint density at radius 2 is 2.08 bits per heavy atom. The highest BCUT2D eigenvalue weighted by Crippen LogP contribution is 2.25. The normalized spacial score (nSPS) is 17.2. The molecule has 2 aromatic rings. The molecule has 0 unspecified atom stereocenters. The van der Waals surface area contributed by atoms with Gasteiger partial charge in [0.1, 0.15) is 10.8 Å². The molecule has 6 nitrogen and oxygen atoms in total. The highest BCUT2D eigenvalue weighted by Gasteiger charge is 2.34. The van der Waals surface area contributed by atoms with Crippen molar-refractivity contribution in [2.45, 2.75) is 32.6 Å². The minimum absolute atomic E-state index is 0.0348. The summed E-state index contributed by atoms with van der Waals surface area (Å²) in [6.07, 6.45) is 0.833. The Bertz CT molecular complexity index is 791. The maximum absolute atomic E-state index is 12.9. The van der Waals surface area contributed by atoms with E-state index in [-0.39, 0.29) is 35.9 Å². The van der Waals surface area contributed by atoms with Gasteiger partial charge < -0.3 is 10.2 Å². The van der Waals surface area contributed by atoms with Crippen molar-refractivity contribution in [1.82, 2.24) is 15.1 Å². The van der Waals surface area contributed by atoms with Crippen LogP contribution in [0.3, 0.4) is 0 Å². The number of aromatic nitrogens is 2. The van der Waals surface area contributed by atoms with Crippen LogP contribution >= 0.6 is 11.3 Å². The van der Waals surface area contributed by atoms with Crippen molar-refractivity contribution >= 4 is 28.3 Å². The van der Waals surface area contributed by atoms with Crippen molar-refractivity contribution in [2.24, 2.45) is 5.92 Å². The number of likely N-dealkylation sites (tertiary alicyclic amines) is 1. The van der Waals surface area contributed by atoms with E-state index in [4.69, 9.17) is 0 Å². The van der Waals surface area contributed by atoms with E-state index in [2.05, 4.69) is 15.5 Å². The van der Waals surface area contributed by atoms with E-state index >= 15 is 0 Å². The Morgan fingerprint density at radius 1 is 1.35 bits per heavy atom. The maximum atomic E-state index is 12.9. The number of hydrogen-bond acceptors (Lipinski definition) is 5. The summed E-state index contributed by atoms with van der Waals surface area (Å²) in [6, 6.07) is 6.24. The molecule has 0 spiro atoms. The zero-order chi connectivity index (χ0) is 18.7. The van der Waals surface area contributed by atoms with Gasteiger partial charge in [0.25, 0.3) is 0 Å². The van der Waals surface area contributed by atoms with Gasteiger partial charge in [-0.2, -0.15) is 0 Å². The summed E-state index contributed by atoms with van der Waals surface area (Å²) in [6.45, 7) is 4.94. The van der Waals surface area contributed by atoms with Gasteiger partial charge in [-0.3, -0.25) is 9.59 Å². The Labute approximate surface area is 155 Å². The van der Waals surface area contributed by atoms with Gasteiger partial charge in [-0.05, 0) is 24.1 Å². The quantitative estimate of drug-likeness (QED) is 0.841. The van der Waals surface area contributed by atoms with Crippen molar-refractivity contribution in [2.75, 3.05) is 18.4 Å². The van der Waals surface area contributed by atoms with Crippen molar-refractivity contribution in [3.8, 4) is 0 Å². The number of hydrogen-bond donors (Lipinski definition) is 1. The smallest absolute Gasteiger partial charge is 0.231 e. The Hall–Kier alpha value is -2.35. The lowest BCUT2D eigenvalue weighted by molar-refractivity contribution is -0.128. The van der Waals surface area contributed by atoms with Gasteiger partial charge in [-0.1, -0.05) is 37.3 Å². The predicted octanol–water partition coefficient (Wildman–Crippen LogP) is 2.83. The van der Waals surface area contributed by atoms with E-state index in [0.717, 1.165) is 10.6 Å². The van der Waals surface area contributed by atoms with Crippen molar-refractivity contribution in [3.63, 3.8) is 0 Å². The number of halogens is 1. The van der Waals surface area contributed by atoms with Gasteiger partial charge in [-0.25, -0.2) is 4.39 Å². The minimum atomic E-state index is -0.387. The molecule has 1 aliphatic heterocycles. The highest BCUT2D eigenvalue weighted by atomic mass is 32.1. The summed E-state index contributed by atoms with van der Waals surface area (Å²) >= 11 is 1.36. The first-order valence-corrected chi connectivity index (χ1v) is 9.40. The monoisotopic (exact) mass is 376 g/mol. The molecule has 1 N–H and O–H groups in total. The molecule has 0 aliphatic carbocycles. The highest BCUT2D eigenvalue weighted by molar-refractivity contribution is 7.15. The first-order chi connectivity index (χ1) is 12.4. The SMILES string of the molecule is CC(C)c1nnc(NC(=O)[C@H]2CC(=O)N(CCc3ccc(F)cc3)C2)s1. The topological polar surface area (TPSA) is 75.2 Å². The van der Waals surface area contributed by atoms with Gasteiger partial charge in [0.05, 0.1) is 5.92 Å². The summed E-state index contributed by atoms with van der Waals surface area (Å²) in [5.41, 5.74) is 0.960. The van der Waals surface area contributed by atoms with E-state index in [0.29, 0.717) is 24.6 Å². The first-order valence-electron chi connectivity index (χ1n) is 8.59. The van der Waals surface area contributed by atoms with E-state index in [1.54, 1.807) is 17.0 Å². The molecule has 2 amide bonds. The first kappa shape index (κ1) is 18.4. The second kappa shape index (κ2) is 7.90. The minimum Gasteiger partial charge on any atom is -0.342 e. The molecule has 1 aliphatic rings. The molecule has 1 atom stereocenters. The predicted molar refractivity (Wildman–Crippen MR) is 97.4 cm³/mol. The van der Waals surface area contributed by atoms with Gasteiger partial charge in [0.15, 0.2) is 0 Å². The van der Waals surface area contributed by atoms with E-state index in [1.807, 2.05) is 13.8 Å². The second-order valence-electron chi connectivity index (χ2n) is 6.71. The molecule has 138 valence electrons. The van der Waals surface area contributed by atoms with Crippen LogP contribution in [0.5, 0.6) is 0 Å². The van der Waals surface area contributed by atoms with Crippen LogP contribution in [0.1, 0.15) is 36.8 Å². The molecular weight excluding hydrogens is 355 g/mol. The van der Waals surface area contributed by atoms with Crippen LogP contribution in [0.4, 0.5) is 9.52 Å². The Balaban J connectivity index is 1.52. The van der Waals surface area contributed by atoms with E-state index in [1.165, 1.54) is 23.5 Å². The number of carbonyl (C=O) groups is 2. The van der Waals surface area contributed by atoms with Crippen LogP contribution in [-0.4, -0.2) is 40.0 Å². The number of nitrogens with one attached hydrogen (secondary N) is 1. The zero-order valence-corrected chi connectivity index (χ0v) is 15.6. The summed E-state index contributed by atoms with van der Waals surface area (Å²) in [5.74, 6) is -0.642. The number of benzene rings is 1. The van der Waals surface area contributed by atoms with Crippen LogP contribution in [0, 0.1) is 11.7 Å². The average molecular weight is 376 g/mol. The number of rotatable bonds is 6. The Morgan fingerprint density at radius 3 is 2.73 bits per heavy atom. The molecule has 0 radical (unpaired) electrons. The van der Waals surface area contributed by atoms with E-state index in [9.17, 15) is 14.0 Å². The summed E-state index contributed by atoms with van der Waals surface area (Å²) < 4.78 is 12.9.